The number of ether oxygens (including phenoxy) is 7. The Kier molecular flexibility index (Phi) is 31.9. The Morgan fingerprint density at radius 2 is 1.51 bits per heavy atom. The lowest BCUT2D eigenvalue weighted by Crippen LogP contribution is -2.64. The van der Waals surface area contributed by atoms with Gasteiger partial charge in [-0.2, -0.15) is 18.2 Å². The third-order valence-corrected chi connectivity index (χ3v) is 28.9. The maximum atomic E-state index is 14.8. The monoisotopic (exact) mass is 1900 g/mol. The second-order valence-corrected chi connectivity index (χ2v) is 40.6. The number of thiazole rings is 1. The van der Waals surface area contributed by atoms with Crippen molar-refractivity contribution in [2.24, 2.45) is 33.8 Å². The van der Waals surface area contributed by atoms with E-state index in [1.165, 1.54) is 11.3 Å². The Balaban J connectivity index is 0.627. The van der Waals surface area contributed by atoms with E-state index in [9.17, 15) is 77.1 Å². The minimum Gasteiger partial charge on any atom is -0.476 e. The molecule has 6 aromatic rings. The van der Waals surface area contributed by atoms with Gasteiger partial charge < -0.3 is 105 Å². The molecule has 9 aliphatic rings. The van der Waals surface area contributed by atoms with Crippen molar-refractivity contribution in [3.05, 3.63) is 107 Å². The first-order valence-electron chi connectivity index (χ1n) is 45.9. The minimum atomic E-state index is -4.43. The van der Waals surface area contributed by atoms with Gasteiger partial charge in [-0.25, -0.2) is 29.1 Å². The fourth-order valence-corrected chi connectivity index (χ4v) is 23.1. The zero-order valence-electron chi connectivity index (χ0n) is 76.7. The van der Waals surface area contributed by atoms with E-state index in [0.29, 0.717) is 82.2 Å². The number of aliphatic hydroxyl groups is 4. The van der Waals surface area contributed by atoms with Crippen LogP contribution in [0.25, 0.3) is 21.3 Å². The molecule has 5 aliphatic carbocycles. The zero-order chi connectivity index (χ0) is 95.6. The zero-order valence-corrected chi connectivity index (χ0v) is 78.3. The van der Waals surface area contributed by atoms with Gasteiger partial charge in [0.2, 0.25) is 23.6 Å². The van der Waals surface area contributed by atoms with E-state index in [2.05, 4.69) is 54.9 Å². The number of aliphatic hydroxyl groups excluding tert-OH is 4. The van der Waals surface area contributed by atoms with Crippen molar-refractivity contribution in [1.29, 1.82) is 0 Å². The highest BCUT2D eigenvalue weighted by molar-refractivity contribution is 7.88. The summed E-state index contributed by atoms with van der Waals surface area (Å²) in [7, 11) is -2.78. The molecule has 0 radical (unpaired) electrons. The lowest BCUT2D eigenvalue weighted by molar-refractivity contribution is -0.930. The number of imide groups is 1. The fourth-order valence-electron chi connectivity index (χ4n) is 21.5. The van der Waals surface area contributed by atoms with Crippen LogP contribution in [0.2, 0.25) is 0 Å². The number of rotatable bonds is 46. The number of nitrogens with two attached hydrogens (primary N) is 1. The van der Waals surface area contributed by atoms with E-state index in [1.807, 2.05) is 65.9 Å². The van der Waals surface area contributed by atoms with Crippen LogP contribution in [0.15, 0.2) is 72.9 Å². The number of hydrogen-bond donors (Lipinski definition) is 13. The van der Waals surface area contributed by atoms with Crippen LogP contribution in [0.3, 0.4) is 0 Å². The van der Waals surface area contributed by atoms with E-state index >= 15 is 0 Å². The summed E-state index contributed by atoms with van der Waals surface area (Å²) in [6.45, 7) is 15.8. The lowest BCUT2D eigenvalue weighted by atomic mass is 9.39. The fraction of sp³-hybridized carbons (Fsp3) is 0.604. The standard InChI is InChI=1S/C91H124N18O23S2/c1-54(2)73(100-70(111)24-32-126-34-28-107-71(112)22-23-72(107)113)81(118)97-66(16-12-25-93-85(92)122)80(117)96-60-19-18-57(59(40-60)44-105(7)82(119)58-41-61(42-58)131-87(123)104-134(124,125)95-26-33-127-36-37-128-38-39-129-84-77(116)76(115)75(114)67(46-110)132-84)45-109(29-10-11-30-109)31-35-130-91-50-88(5)47-89(6,51-91)49-90(48-88,52-91)53-108-56(4)64(43-94-108)63-20-21-69(99-74(63)83(120)121)106-27-13-14-62-55(3)78(102-103-79(62)106)101-86-98-65-15-8-9-17-68(65)133-86/h8-9,15,17-23,40,43,54,58,61,66-67,73,75-77,84,95,110,114-116H,10-14,16,24-39,41-42,44-53H2,1-7H3,(H8-,92,93,96,97,98,100,101,102,104,111,117,118,120,121,122,123)/p+1/t58?,61?,66-,67+,73-,75+,76-,77+,84+,88?,89?,90?,91?/m0/s1. The van der Waals surface area contributed by atoms with Gasteiger partial charge in [-0.05, 0) is 155 Å². The third-order valence-electron chi connectivity index (χ3n) is 27.0. The summed E-state index contributed by atoms with van der Waals surface area (Å²) in [6.07, 6.45) is 4.09. The maximum absolute atomic E-state index is 14.8. The molecule has 9 amide bonds. The predicted octanol–water partition coefficient (Wildman–Crippen LogP) is 4.93. The van der Waals surface area contributed by atoms with Gasteiger partial charge in [0.05, 0.1) is 101 Å². The molecule has 134 heavy (non-hydrogen) atoms. The van der Waals surface area contributed by atoms with E-state index in [4.69, 9.17) is 59.1 Å². The van der Waals surface area contributed by atoms with Crippen molar-refractivity contribution in [2.75, 3.05) is 128 Å². The smallest absolute Gasteiger partial charge is 0.422 e. The number of quaternary nitrogens is 1. The number of anilines is 5. The Morgan fingerprint density at radius 3 is 2.23 bits per heavy atom. The lowest BCUT2D eigenvalue weighted by Gasteiger charge is -2.69. The molecule has 4 aromatic heterocycles. The Morgan fingerprint density at radius 1 is 0.791 bits per heavy atom. The molecule has 0 spiro atoms. The van der Waals surface area contributed by atoms with E-state index in [1.54, 1.807) is 44.1 Å². The average molecular weight is 1900 g/mol. The number of primary amides is 1. The predicted molar refractivity (Wildman–Crippen MR) is 488 cm³/mol. The molecule has 728 valence electrons. The summed E-state index contributed by atoms with van der Waals surface area (Å²) in [5.41, 5.74) is 11.3. The Labute approximate surface area is 780 Å². The molecule has 5 saturated carbocycles. The number of urea groups is 1. The SMILES string of the molecule is Cc1c(Nc2nc3ccccc3s2)nnc2c1CCCN2c1ccc(-c2cnn(CC34CC5(C)CC(C)(C3)CC(OCC[N+]3(Cc6ccc(NC(=O)[C@H](CCCNC(N)=O)NC(=O)[C@@H](NC(=O)CCOCCN7C(=O)C=CC7=O)C(C)C)cc6CN(C)C(=O)C6CC(OC(=O)NS(=O)(=O)NCCOCCOCCO[C@@H]7O[C@H](CO)[C@@H](O)[C@H](O)[C@H]7O)C6)CCCC3)(C5)C4)c2C)c(C(=O)O)n1. The van der Waals surface area contributed by atoms with Crippen LogP contribution in [0.1, 0.15) is 156 Å². The van der Waals surface area contributed by atoms with Crippen LogP contribution in [0.4, 0.5) is 37.9 Å². The number of amides is 9. The minimum absolute atomic E-state index is 0.00862. The van der Waals surface area contributed by atoms with Gasteiger partial charge >= 0.3 is 28.3 Å². The Bertz CT molecular complexity index is 5360. The van der Waals surface area contributed by atoms with Crippen molar-refractivity contribution in [2.45, 2.75) is 212 Å². The highest BCUT2D eigenvalue weighted by Gasteiger charge is 2.66. The molecular formula is C91H125N18O23S2+. The van der Waals surface area contributed by atoms with Crippen molar-refractivity contribution in [3.63, 3.8) is 0 Å². The molecule has 4 aliphatic heterocycles. The number of nitrogens with one attached hydrogen (secondary N) is 7. The molecule has 15 rings (SSSR count). The summed E-state index contributed by atoms with van der Waals surface area (Å²) in [5.74, 6) is -3.63. The number of para-hydroxylation sites is 1. The number of aromatic carboxylic acids is 1. The number of likely N-dealkylation sites (tertiary alicyclic amines) is 1. The maximum Gasteiger partial charge on any atom is 0.422 e. The molecule has 8 heterocycles. The summed E-state index contributed by atoms with van der Waals surface area (Å²) in [4.78, 5) is 133. The van der Waals surface area contributed by atoms with Crippen LogP contribution in [0.5, 0.6) is 0 Å². The normalized spacial score (nSPS) is 24.9. The number of fused-ring (bicyclic) bond motifs is 2. The summed E-state index contributed by atoms with van der Waals surface area (Å²) >= 11 is 1.53. The van der Waals surface area contributed by atoms with E-state index < -0.39 is 131 Å². The second kappa shape index (κ2) is 42.9. The van der Waals surface area contributed by atoms with Crippen LogP contribution >= 0.6 is 11.3 Å². The molecule has 2 saturated heterocycles. The number of aromatic nitrogens is 6. The molecule has 9 atom stereocenters. The van der Waals surface area contributed by atoms with Crippen molar-refractivity contribution >= 4 is 114 Å². The molecule has 4 bridgehead atoms. The second-order valence-electron chi connectivity index (χ2n) is 38.1. The highest BCUT2D eigenvalue weighted by atomic mass is 32.2. The Hall–Kier alpha value is -10.4. The van der Waals surface area contributed by atoms with Crippen molar-refractivity contribution < 1.29 is 115 Å². The summed E-state index contributed by atoms with van der Waals surface area (Å²) < 4.78 is 73.7. The van der Waals surface area contributed by atoms with E-state index in [-0.39, 0.29) is 132 Å². The average Bonchev–Trinajstić information content (AvgIpc) is 0.779. The third kappa shape index (κ3) is 24.2. The van der Waals surface area contributed by atoms with Crippen molar-refractivity contribution in [3.8, 4) is 11.1 Å². The molecule has 2 aromatic carbocycles. The molecule has 14 N–H and O–H groups in total. The van der Waals surface area contributed by atoms with Gasteiger partial charge in [0.25, 0.3) is 11.8 Å². The van der Waals surface area contributed by atoms with E-state index in [0.717, 1.165) is 127 Å². The molecular weight excluding hydrogens is 1780 g/mol. The first-order chi connectivity index (χ1) is 63.9. The first kappa shape index (κ1) is 99.6. The summed E-state index contributed by atoms with van der Waals surface area (Å²) in [5, 5.41) is 80.1. The quantitative estimate of drug-likeness (QED) is 0.0137. The molecule has 2 unspecified atom stereocenters. The number of hydrogen-bond acceptors (Lipinski definition) is 30. The molecule has 43 heteroatoms. The van der Waals surface area contributed by atoms with Crippen LogP contribution < -0.4 is 46.7 Å². The van der Waals surface area contributed by atoms with Gasteiger partial charge in [0.15, 0.2) is 28.8 Å². The van der Waals surface area contributed by atoms with Crippen LogP contribution in [0, 0.1) is 41.9 Å². The summed E-state index contributed by atoms with van der Waals surface area (Å²) in [6, 6.07) is 14.0. The molecule has 7 fully saturated rings. The number of benzene rings is 2. The number of carbonyl (C=O) groups excluding carboxylic acids is 8. The number of nitrogens with zero attached hydrogens (tertiary/aromatic N) is 10. The number of carbonyl (C=O) groups is 9. The number of carboxylic acid groups (broad SMARTS) is 1. The van der Waals surface area contributed by atoms with Gasteiger partial charge in [-0.1, -0.05) is 57.2 Å². The molecule has 41 nitrogen and oxygen atoms in total. The first-order valence-corrected chi connectivity index (χ1v) is 48.2. The van der Waals surface area contributed by atoms with Gasteiger partial charge in [-0.3, -0.25) is 38.3 Å². The number of pyridine rings is 1. The van der Waals surface area contributed by atoms with Gasteiger partial charge in [0, 0.05) is 116 Å². The highest BCUT2D eigenvalue weighted by Crippen LogP contribution is 2.72. The van der Waals surface area contributed by atoms with Gasteiger partial charge in [0.1, 0.15) is 61.5 Å². The van der Waals surface area contributed by atoms with Crippen molar-refractivity contribution in [1.82, 2.24) is 65.1 Å². The topological polar surface area (TPSA) is 543 Å². The van der Waals surface area contributed by atoms with Crippen LogP contribution in [-0.2, 0) is 98.2 Å². The van der Waals surface area contributed by atoms with Crippen LogP contribution in [-0.4, -0.2) is 299 Å². The largest absolute Gasteiger partial charge is 0.476 e. The number of carboxylic acids is 1. The van der Waals surface area contributed by atoms with Gasteiger partial charge in [-0.15, -0.1) is 10.2 Å².